The third kappa shape index (κ3) is 1.66. The van der Waals surface area contributed by atoms with E-state index in [9.17, 15) is 0 Å². The van der Waals surface area contributed by atoms with Gasteiger partial charge in [-0.25, -0.2) is 5.43 Å². The summed E-state index contributed by atoms with van der Waals surface area (Å²) in [6.45, 7) is 0. The van der Waals surface area contributed by atoms with Crippen LogP contribution < -0.4 is 11.3 Å². The zero-order chi connectivity index (χ0) is 9.80. The lowest BCUT2D eigenvalue weighted by molar-refractivity contribution is 0.551. The predicted molar refractivity (Wildman–Crippen MR) is 52.1 cm³/mol. The zero-order valence-corrected chi connectivity index (χ0v) is 7.55. The third-order valence-electron chi connectivity index (χ3n) is 2.03. The molecule has 0 bridgehead atoms. The van der Waals surface area contributed by atoms with Gasteiger partial charge in [0.1, 0.15) is 0 Å². The van der Waals surface area contributed by atoms with Gasteiger partial charge >= 0.3 is 0 Å². The van der Waals surface area contributed by atoms with Gasteiger partial charge in [0.2, 0.25) is 0 Å². The highest BCUT2D eigenvalue weighted by atomic mass is 16.3. The van der Waals surface area contributed by atoms with E-state index in [-0.39, 0.29) is 6.04 Å². The Hall–Kier alpha value is -1.65. The standard InChI is InChI=1S/C10H11N3O/c11-13-10(8-4-6-14-7-8)9-3-1-2-5-12-9/h1-7,10,13H,11H2. The predicted octanol–water partition coefficient (Wildman–Crippen LogP) is 1.23. The van der Waals surface area contributed by atoms with Crippen molar-refractivity contribution >= 4 is 0 Å². The molecule has 0 fully saturated rings. The number of nitrogens with zero attached hydrogens (tertiary/aromatic N) is 1. The Morgan fingerprint density at radius 3 is 2.86 bits per heavy atom. The number of pyridine rings is 1. The van der Waals surface area contributed by atoms with Crippen LogP contribution >= 0.6 is 0 Å². The summed E-state index contributed by atoms with van der Waals surface area (Å²) < 4.78 is 5.00. The van der Waals surface area contributed by atoms with Crippen molar-refractivity contribution in [3.05, 3.63) is 54.2 Å². The van der Waals surface area contributed by atoms with Crippen LogP contribution in [-0.2, 0) is 0 Å². The molecule has 0 radical (unpaired) electrons. The highest BCUT2D eigenvalue weighted by molar-refractivity contribution is 5.23. The van der Waals surface area contributed by atoms with Crippen molar-refractivity contribution in [2.75, 3.05) is 0 Å². The molecule has 2 aromatic rings. The number of nitrogens with two attached hydrogens (primary N) is 1. The molecule has 0 aromatic carbocycles. The summed E-state index contributed by atoms with van der Waals surface area (Å²) in [5.41, 5.74) is 4.53. The Labute approximate surface area is 81.7 Å². The van der Waals surface area contributed by atoms with Crippen molar-refractivity contribution in [2.24, 2.45) is 5.84 Å². The molecule has 14 heavy (non-hydrogen) atoms. The van der Waals surface area contributed by atoms with Crippen molar-refractivity contribution in [1.29, 1.82) is 0 Å². The number of hydrazine groups is 1. The minimum absolute atomic E-state index is 0.116. The highest BCUT2D eigenvalue weighted by Crippen LogP contribution is 2.18. The van der Waals surface area contributed by atoms with Gasteiger partial charge in [-0.05, 0) is 18.2 Å². The normalized spacial score (nSPS) is 12.6. The van der Waals surface area contributed by atoms with E-state index >= 15 is 0 Å². The second-order valence-electron chi connectivity index (χ2n) is 2.91. The summed E-state index contributed by atoms with van der Waals surface area (Å²) in [5.74, 6) is 5.46. The van der Waals surface area contributed by atoms with Crippen molar-refractivity contribution in [3.63, 3.8) is 0 Å². The fourth-order valence-electron chi connectivity index (χ4n) is 1.34. The molecule has 72 valence electrons. The van der Waals surface area contributed by atoms with Gasteiger partial charge in [-0.2, -0.15) is 0 Å². The third-order valence-corrected chi connectivity index (χ3v) is 2.03. The van der Waals surface area contributed by atoms with Crippen LogP contribution in [0.15, 0.2) is 47.4 Å². The van der Waals surface area contributed by atoms with Crippen LogP contribution in [0.5, 0.6) is 0 Å². The van der Waals surface area contributed by atoms with E-state index in [1.54, 1.807) is 18.7 Å². The Kier molecular flexibility index (Phi) is 2.58. The quantitative estimate of drug-likeness (QED) is 0.563. The molecule has 2 aromatic heterocycles. The largest absolute Gasteiger partial charge is 0.472 e. The molecule has 0 aliphatic heterocycles. The molecule has 2 heterocycles. The van der Waals surface area contributed by atoms with Gasteiger partial charge in [-0.1, -0.05) is 6.07 Å². The molecule has 0 spiro atoms. The van der Waals surface area contributed by atoms with Crippen molar-refractivity contribution < 1.29 is 4.42 Å². The topological polar surface area (TPSA) is 64.1 Å². The first-order chi connectivity index (χ1) is 6.92. The van der Waals surface area contributed by atoms with Crippen LogP contribution in [0.3, 0.4) is 0 Å². The van der Waals surface area contributed by atoms with Crippen LogP contribution in [0.25, 0.3) is 0 Å². The van der Waals surface area contributed by atoms with E-state index in [2.05, 4.69) is 10.4 Å². The van der Waals surface area contributed by atoms with Crippen molar-refractivity contribution in [2.45, 2.75) is 6.04 Å². The number of aromatic nitrogens is 1. The van der Waals surface area contributed by atoms with Crippen LogP contribution in [0.1, 0.15) is 17.3 Å². The lowest BCUT2D eigenvalue weighted by Crippen LogP contribution is -2.29. The Morgan fingerprint density at radius 1 is 1.36 bits per heavy atom. The monoisotopic (exact) mass is 189 g/mol. The van der Waals surface area contributed by atoms with Gasteiger partial charge in [-0.15, -0.1) is 0 Å². The number of hydrogen-bond donors (Lipinski definition) is 2. The summed E-state index contributed by atoms with van der Waals surface area (Å²) in [6, 6.07) is 7.45. The molecule has 0 aliphatic carbocycles. The van der Waals surface area contributed by atoms with E-state index in [4.69, 9.17) is 10.3 Å². The first-order valence-electron chi connectivity index (χ1n) is 4.31. The maximum atomic E-state index is 5.46. The van der Waals surface area contributed by atoms with Gasteiger partial charge in [-0.3, -0.25) is 10.8 Å². The lowest BCUT2D eigenvalue weighted by atomic mass is 10.1. The molecule has 4 nitrogen and oxygen atoms in total. The fourth-order valence-corrected chi connectivity index (χ4v) is 1.34. The molecule has 0 saturated carbocycles. The molecule has 0 aliphatic rings. The van der Waals surface area contributed by atoms with Gasteiger partial charge in [0.15, 0.2) is 0 Å². The Morgan fingerprint density at radius 2 is 2.29 bits per heavy atom. The highest BCUT2D eigenvalue weighted by Gasteiger charge is 2.13. The molecular weight excluding hydrogens is 178 g/mol. The summed E-state index contributed by atoms with van der Waals surface area (Å²) in [5, 5.41) is 0. The second kappa shape index (κ2) is 4.04. The summed E-state index contributed by atoms with van der Waals surface area (Å²) in [7, 11) is 0. The number of furan rings is 1. The van der Waals surface area contributed by atoms with E-state index in [0.717, 1.165) is 11.3 Å². The Bertz CT molecular complexity index is 372. The van der Waals surface area contributed by atoms with Crippen LogP contribution in [0, 0.1) is 0 Å². The zero-order valence-electron chi connectivity index (χ0n) is 7.55. The summed E-state index contributed by atoms with van der Waals surface area (Å²) >= 11 is 0. The first-order valence-corrected chi connectivity index (χ1v) is 4.31. The van der Waals surface area contributed by atoms with Gasteiger partial charge < -0.3 is 4.42 Å². The molecule has 4 heteroatoms. The van der Waals surface area contributed by atoms with Crippen LogP contribution in [-0.4, -0.2) is 4.98 Å². The number of nitrogens with one attached hydrogen (secondary N) is 1. The number of rotatable bonds is 3. The number of hydrogen-bond acceptors (Lipinski definition) is 4. The van der Waals surface area contributed by atoms with Gasteiger partial charge in [0, 0.05) is 11.8 Å². The molecular formula is C10H11N3O. The van der Waals surface area contributed by atoms with Gasteiger partial charge in [0.05, 0.1) is 24.3 Å². The van der Waals surface area contributed by atoms with Crippen LogP contribution in [0.2, 0.25) is 0 Å². The minimum atomic E-state index is -0.116. The van der Waals surface area contributed by atoms with Crippen LogP contribution in [0.4, 0.5) is 0 Å². The van der Waals surface area contributed by atoms with E-state index in [0.29, 0.717) is 0 Å². The molecule has 2 rings (SSSR count). The fraction of sp³-hybridized carbons (Fsp3) is 0.100. The molecule has 0 amide bonds. The minimum Gasteiger partial charge on any atom is -0.472 e. The second-order valence-corrected chi connectivity index (χ2v) is 2.91. The van der Waals surface area contributed by atoms with Gasteiger partial charge in [0.25, 0.3) is 0 Å². The smallest absolute Gasteiger partial charge is 0.0954 e. The summed E-state index contributed by atoms with van der Waals surface area (Å²) in [6.07, 6.45) is 5.00. The maximum Gasteiger partial charge on any atom is 0.0954 e. The molecule has 1 unspecified atom stereocenters. The van der Waals surface area contributed by atoms with E-state index < -0.39 is 0 Å². The average molecular weight is 189 g/mol. The first kappa shape index (κ1) is 8.93. The van der Waals surface area contributed by atoms with Crippen molar-refractivity contribution in [3.8, 4) is 0 Å². The summed E-state index contributed by atoms with van der Waals surface area (Å²) in [4.78, 5) is 4.22. The Balaban J connectivity index is 2.31. The average Bonchev–Trinajstić information content (AvgIpc) is 2.74. The molecule has 1 atom stereocenters. The SMILES string of the molecule is NNC(c1ccoc1)c1ccccn1. The molecule has 3 N–H and O–H groups in total. The molecule has 0 saturated heterocycles. The van der Waals surface area contributed by atoms with E-state index in [1.807, 2.05) is 24.3 Å². The van der Waals surface area contributed by atoms with E-state index in [1.165, 1.54) is 0 Å². The van der Waals surface area contributed by atoms with Crippen molar-refractivity contribution in [1.82, 2.24) is 10.4 Å². The maximum absolute atomic E-state index is 5.46. The lowest BCUT2D eigenvalue weighted by Gasteiger charge is -2.12.